The summed E-state index contributed by atoms with van der Waals surface area (Å²) in [6.45, 7) is 3.57. The monoisotopic (exact) mass is 277 g/mol. The van der Waals surface area contributed by atoms with Gasteiger partial charge in [-0.25, -0.2) is 0 Å². The maximum absolute atomic E-state index is 10.1. The molecule has 2 atom stereocenters. The maximum atomic E-state index is 10.1. The number of anilines is 1. The molecule has 0 aliphatic carbocycles. The van der Waals surface area contributed by atoms with E-state index in [9.17, 15) is 10.2 Å². The molecule has 7 heteroatoms. The van der Waals surface area contributed by atoms with E-state index >= 15 is 0 Å². The summed E-state index contributed by atoms with van der Waals surface area (Å²) >= 11 is 0. The van der Waals surface area contributed by atoms with Crippen LogP contribution in [0.1, 0.15) is 11.7 Å². The van der Waals surface area contributed by atoms with Crippen LogP contribution in [0, 0.1) is 0 Å². The average Bonchev–Trinajstić information content (AvgIpc) is 2.53. The van der Waals surface area contributed by atoms with Gasteiger partial charge in [0.25, 0.3) is 0 Å². The maximum Gasteiger partial charge on any atom is 0.105 e. The number of azide groups is 1. The number of hydrogen-bond acceptors (Lipinski definition) is 5. The number of aliphatic hydroxyl groups excluding tert-OH is 2. The summed E-state index contributed by atoms with van der Waals surface area (Å²) in [6.07, 6.45) is -2.15. The van der Waals surface area contributed by atoms with E-state index in [1.54, 1.807) is 6.07 Å². The molecule has 2 unspecified atom stereocenters. The predicted molar refractivity (Wildman–Crippen MR) is 76.5 cm³/mol. The molecular formula is C13H19N5O2. The van der Waals surface area contributed by atoms with Crippen LogP contribution in [0.25, 0.3) is 10.4 Å². The molecule has 1 aromatic rings. The van der Waals surface area contributed by atoms with Crippen molar-refractivity contribution in [3.63, 3.8) is 0 Å². The number of hydrogen-bond donors (Lipinski definition) is 3. The second kappa shape index (κ2) is 7.12. The van der Waals surface area contributed by atoms with E-state index in [1.807, 2.05) is 18.2 Å². The topological polar surface area (TPSA) is 104 Å². The molecule has 1 heterocycles. The van der Waals surface area contributed by atoms with Gasteiger partial charge in [-0.15, -0.1) is 0 Å². The molecule has 108 valence electrons. The molecule has 3 N–H and O–H groups in total. The fraction of sp³-hybridized carbons (Fsp3) is 0.538. The van der Waals surface area contributed by atoms with Crippen molar-refractivity contribution in [1.29, 1.82) is 0 Å². The molecule has 1 aliphatic rings. The van der Waals surface area contributed by atoms with Crippen molar-refractivity contribution in [2.45, 2.75) is 12.2 Å². The molecule has 0 bridgehead atoms. The van der Waals surface area contributed by atoms with Gasteiger partial charge in [0.05, 0.1) is 12.6 Å². The zero-order chi connectivity index (χ0) is 14.4. The molecule has 1 fully saturated rings. The van der Waals surface area contributed by atoms with Crippen molar-refractivity contribution in [1.82, 2.24) is 5.32 Å². The van der Waals surface area contributed by atoms with E-state index in [1.165, 1.54) is 0 Å². The lowest BCUT2D eigenvalue weighted by Crippen LogP contribution is -2.43. The normalized spacial score (nSPS) is 18.2. The lowest BCUT2D eigenvalue weighted by molar-refractivity contribution is 0.0244. The van der Waals surface area contributed by atoms with Crippen molar-refractivity contribution in [2.75, 3.05) is 37.6 Å². The second-order valence-corrected chi connectivity index (χ2v) is 4.76. The Morgan fingerprint density at radius 3 is 2.80 bits per heavy atom. The minimum atomic E-state index is -1.09. The minimum absolute atomic E-state index is 0.143. The van der Waals surface area contributed by atoms with Crippen molar-refractivity contribution >= 4 is 5.69 Å². The van der Waals surface area contributed by atoms with Gasteiger partial charge in [-0.1, -0.05) is 17.2 Å². The van der Waals surface area contributed by atoms with Gasteiger partial charge in [-0.3, -0.25) is 0 Å². The predicted octanol–water partition coefficient (Wildman–Crippen LogP) is 0.801. The third kappa shape index (κ3) is 3.61. The summed E-state index contributed by atoms with van der Waals surface area (Å²) in [5, 5.41) is 26.4. The Kier molecular flexibility index (Phi) is 5.20. The van der Waals surface area contributed by atoms with Crippen LogP contribution in [0.15, 0.2) is 29.4 Å². The summed E-state index contributed by atoms with van der Waals surface area (Å²) in [7, 11) is 0. The van der Waals surface area contributed by atoms with E-state index in [4.69, 9.17) is 5.53 Å². The number of aliphatic hydroxyl groups is 2. The Balaban J connectivity index is 2.09. The van der Waals surface area contributed by atoms with Crippen LogP contribution < -0.4 is 10.2 Å². The van der Waals surface area contributed by atoms with Gasteiger partial charge < -0.3 is 20.4 Å². The highest BCUT2D eigenvalue weighted by atomic mass is 16.3. The van der Waals surface area contributed by atoms with E-state index in [0.29, 0.717) is 5.56 Å². The zero-order valence-electron chi connectivity index (χ0n) is 11.2. The summed E-state index contributed by atoms with van der Waals surface area (Å²) in [5.74, 6) is 0. The first kappa shape index (κ1) is 14.6. The molecular weight excluding hydrogens is 258 g/mol. The molecule has 0 aromatic heterocycles. The lowest BCUT2D eigenvalue weighted by Gasteiger charge is -2.30. The number of rotatable bonds is 5. The van der Waals surface area contributed by atoms with Crippen LogP contribution >= 0.6 is 0 Å². The van der Waals surface area contributed by atoms with Gasteiger partial charge in [-0.2, -0.15) is 0 Å². The molecule has 0 saturated carbocycles. The third-order valence-corrected chi connectivity index (χ3v) is 3.39. The van der Waals surface area contributed by atoms with E-state index < -0.39 is 12.2 Å². The Bertz CT molecular complexity index is 483. The molecule has 1 saturated heterocycles. The van der Waals surface area contributed by atoms with Crippen LogP contribution in [-0.4, -0.2) is 49.0 Å². The number of benzene rings is 1. The first-order valence-corrected chi connectivity index (χ1v) is 6.65. The number of nitrogens with one attached hydrogen (secondary N) is 1. The lowest BCUT2D eigenvalue weighted by atomic mass is 10.0. The van der Waals surface area contributed by atoms with Crippen LogP contribution in [-0.2, 0) is 0 Å². The fourth-order valence-electron chi connectivity index (χ4n) is 2.27. The van der Waals surface area contributed by atoms with Crippen molar-refractivity contribution in [3.8, 4) is 0 Å². The minimum Gasteiger partial charge on any atom is -0.390 e. The van der Waals surface area contributed by atoms with Crippen molar-refractivity contribution in [2.24, 2.45) is 5.11 Å². The Morgan fingerprint density at radius 2 is 2.10 bits per heavy atom. The SMILES string of the molecule is [N-]=[N+]=NCC(O)C(O)c1cccc(N2CCNCC2)c1. The van der Waals surface area contributed by atoms with Crippen LogP contribution in [0.5, 0.6) is 0 Å². The van der Waals surface area contributed by atoms with Crippen molar-refractivity contribution < 1.29 is 10.2 Å². The third-order valence-electron chi connectivity index (χ3n) is 3.39. The number of nitrogens with zero attached hydrogens (tertiary/aromatic N) is 4. The highest BCUT2D eigenvalue weighted by molar-refractivity contribution is 5.49. The largest absolute Gasteiger partial charge is 0.390 e. The van der Waals surface area contributed by atoms with Gasteiger partial charge in [0.1, 0.15) is 6.10 Å². The molecule has 0 spiro atoms. The smallest absolute Gasteiger partial charge is 0.105 e. The summed E-state index contributed by atoms with van der Waals surface area (Å²) in [6, 6.07) is 7.47. The van der Waals surface area contributed by atoms with Crippen molar-refractivity contribution in [3.05, 3.63) is 40.3 Å². The van der Waals surface area contributed by atoms with Gasteiger partial charge >= 0.3 is 0 Å². The van der Waals surface area contributed by atoms with E-state index in [-0.39, 0.29) is 6.54 Å². The number of piperazine rings is 1. The van der Waals surface area contributed by atoms with Crippen LogP contribution in [0.4, 0.5) is 5.69 Å². The Labute approximate surface area is 117 Å². The van der Waals surface area contributed by atoms with E-state index in [2.05, 4.69) is 20.2 Å². The molecule has 1 aromatic carbocycles. The Hall–Kier alpha value is -1.79. The quantitative estimate of drug-likeness (QED) is 0.420. The van der Waals surface area contributed by atoms with Gasteiger partial charge in [0, 0.05) is 36.8 Å². The average molecular weight is 277 g/mol. The van der Waals surface area contributed by atoms with Gasteiger partial charge in [0.2, 0.25) is 0 Å². The summed E-state index contributed by atoms with van der Waals surface area (Å²) in [4.78, 5) is 4.81. The highest BCUT2D eigenvalue weighted by Gasteiger charge is 2.19. The standard InChI is InChI=1S/C13H19N5O2/c14-17-16-9-12(19)13(20)10-2-1-3-11(8-10)18-6-4-15-5-7-18/h1-3,8,12-13,15,19-20H,4-7,9H2. The van der Waals surface area contributed by atoms with Gasteiger partial charge in [-0.05, 0) is 23.2 Å². The van der Waals surface area contributed by atoms with Crippen LogP contribution in [0.2, 0.25) is 0 Å². The Morgan fingerprint density at radius 1 is 1.35 bits per heavy atom. The van der Waals surface area contributed by atoms with Gasteiger partial charge in [0.15, 0.2) is 0 Å². The highest BCUT2D eigenvalue weighted by Crippen LogP contribution is 2.23. The molecule has 2 rings (SSSR count). The zero-order valence-corrected chi connectivity index (χ0v) is 11.2. The molecule has 0 amide bonds. The molecule has 7 nitrogen and oxygen atoms in total. The second-order valence-electron chi connectivity index (χ2n) is 4.76. The van der Waals surface area contributed by atoms with Crippen LogP contribution in [0.3, 0.4) is 0 Å². The summed E-state index contributed by atoms with van der Waals surface area (Å²) < 4.78 is 0. The fourth-order valence-corrected chi connectivity index (χ4v) is 2.27. The molecule has 1 aliphatic heterocycles. The van der Waals surface area contributed by atoms with E-state index in [0.717, 1.165) is 31.9 Å². The summed E-state index contributed by atoms with van der Waals surface area (Å²) in [5.41, 5.74) is 9.89. The molecule has 0 radical (unpaired) electrons. The first-order chi connectivity index (χ1) is 9.72. The first-order valence-electron chi connectivity index (χ1n) is 6.65. The molecule has 20 heavy (non-hydrogen) atoms.